The molecule has 0 aliphatic heterocycles. The molecule has 9 aromatic carbocycles. The number of aromatic nitrogens is 6. The number of aromatic hydroxyl groups is 1. The van der Waals surface area contributed by atoms with Crippen LogP contribution in [0.15, 0.2) is 197 Å². The van der Waals surface area contributed by atoms with Gasteiger partial charge in [0, 0.05) is 46.0 Å². The third kappa shape index (κ3) is 17.8. The maximum atomic E-state index is 14.1. The van der Waals surface area contributed by atoms with Crippen LogP contribution in [0.5, 0.6) is 28.7 Å². The fraction of sp³-hybridized carbons (Fsp3) is 0.0870. The quantitative estimate of drug-likeness (QED) is 0.0813. The zero-order valence-corrected chi connectivity index (χ0v) is 50.5. The van der Waals surface area contributed by atoms with Gasteiger partial charge < -0.3 is 33.4 Å². The Morgan fingerprint density at radius 3 is 1.14 bits per heavy atom. The number of carbonyl (C=O) groups is 3. The number of carbonyl (C=O) groups excluding carboxylic acids is 2. The molecule has 0 unspecified atom stereocenters. The smallest absolute Gasteiger partial charge is 0.420 e. The Labute approximate surface area is 554 Å². The number of fused-ring (bicyclic) bond motifs is 3. The second kappa shape index (κ2) is 30.1. The molecule has 0 atom stereocenters. The number of phenolic OH excluding ortho intramolecular Hbond substituents is 1. The second-order valence-electron chi connectivity index (χ2n) is 21.2. The zero-order valence-electron chi connectivity index (χ0n) is 50.5. The SMILES string of the molecule is O=C(O)c1ccc(Oc2ccc3c(c2)c(=O)ncn3Cc2ccc(F)cc2F)c(C(F)(F)F)c1.O=Cc1ccc(F)c(C(F)(F)F)c1.O=Cc1ccc(Oc2ccc3c(c2)c(=O)ncn3Cc2ccc(F)cc2F)c(C(F)(F)F)c1.O=c1ncn(Cc2ccc(F)cc2F)c2ccc(O)cc12. The molecule has 0 aliphatic carbocycles. The van der Waals surface area contributed by atoms with E-state index in [0.717, 1.165) is 48.5 Å². The first kappa shape index (κ1) is 72.8. The molecule has 3 heterocycles. The van der Waals surface area contributed by atoms with E-state index in [9.17, 15) is 104 Å². The molecule has 12 rings (SSSR count). The van der Waals surface area contributed by atoms with E-state index in [2.05, 4.69) is 15.0 Å². The topological polar surface area (TPSA) is 215 Å². The number of aromatic carboxylic acids is 1. The third-order valence-corrected chi connectivity index (χ3v) is 14.4. The van der Waals surface area contributed by atoms with Gasteiger partial charge in [-0.25, -0.2) is 35.5 Å². The first-order valence-corrected chi connectivity index (χ1v) is 28.4. The van der Waals surface area contributed by atoms with Crippen LogP contribution in [-0.2, 0) is 38.2 Å². The Kier molecular flexibility index (Phi) is 21.7. The molecule has 32 heteroatoms. The minimum absolute atomic E-state index is 0.0155. The van der Waals surface area contributed by atoms with E-state index in [-0.39, 0.29) is 98.9 Å². The van der Waals surface area contributed by atoms with Crippen molar-refractivity contribution in [1.29, 1.82) is 0 Å². The highest BCUT2D eigenvalue weighted by Gasteiger charge is 2.37. The summed E-state index contributed by atoms with van der Waals surface area (Å²) in [6.45, 7) is -0.0624. The van der Waals surface area contributed by atoms with Crippen molar-refractivity contribution < 1.29 is 104 Å². The molecule has 0 spiro atoms. The van der Waals surface area contributed by atoms with E-state index >= 15 is 0 Å². The van der Waals surface area contributed by atoms with Crippen LogP contribution < -0.4 is 26.2 Å². The van der Waals surface area contributed by atoms with E-state index in [1.54, 1.807) is 10.6 Å². The summed E-state index contributed by atoms with van der Waals surface area (Å²) in [5.41, 5.74) is -5.00. The van der Waals surface area contributed by atoms with Gasteiger partial charge in [-0.1, -0.05) is 18.2 Å². The molecule has 3 aromatic heterocycles. The van der Waals surface area contributed by atoms with Crippen LogP contribution in [0.1, 0.15) is 64.5 Å². The van der Waals surface area contributed by atoms with Gasteiger partial charge >= 0.3 is 24.5 Å². The average molecular weight is 1420 g/mol. The predicted octanol–water partition coefficient (Wildman–Crippen LogP) is 15.7. The first-order valence-electron chi connectivity index (χ1n) is 28.4. The van der Waals surface area contributed by atoms with Crippen LogP contribution in [0.3, 0.4) is 0 Å². The standard InChI is InChI=1S/C23H13F5N2O4.C23H13F5N2O3.C15H10F2N2O2.C8H4F4O/c24-14-3-1-13(18(25)8-14)10-30-11-29-21(31)16-9-15(4-5-19(16)30)34-20-6-2-12(22(32)33)7-17(20)23(26,27)28;24-15-3-2-14(19(25)8-15)10-30-12-29-22(32)17-9-16(4-5-20(17)30)33-21-6-1-13(11-31)7-18(21)23(26,27)28;16-10-2-1-9(13(17)5-10)7-19-8-18-15(21)12-6-11(20)3-4-14(12)19;9-7-2-1-5(4-13)3-6(7)8(10,11)12/h1-9,11H,10H2,(H,32,33);1-9,11-12H,10H2;1-6,8,20H,7H2;1-4H. The van der Waals surface area contributed by atoms with Gasteiger partial charge in [0.1, 0.15) is 82.0 Å². The molecule has 0 fully saturated rings. The number of hydrogen-bond donors (Lipinski definition) is 2. The van der Waals surface area contributed by atoms with E-state index in [1.807, 2.05) is 0 Å². The lowest BCUT2D eigenvalue weighted by Gasteiger charge is -2.15. The largest absolute Gasteiger partial charge is 0.508 e. The third-order valence-electron chi connectivity index (χ3n) is 14.4. The van der Waals surface area contributed by atoms with Crippen molar-refractivity contribution in [3.05, 3.63) is 305 Å². The van der Waals surface area contributed by atoms with Gasteiger partial charge in [-0.2, -0.15) is 54.5 Å². The maximum absolute atomic E-state index is 14.1. The van der Waals surface area contributed by atoms with E-state index in [4.69, 9.17) is 14.6 Å². The van der Waals surface area contributed by atoms with Crippen LogP contribution in [0.25, 0.3) is 32.7 Å². The van der Waals surface area contributed by atoms with Crippen molar-refractivity contribution in [2.45, 2.75) is 38.2 Å². The number of benzene rings is 9. The Balaban J connectivity index is 0.000000165. The molecule has 0 amide bonds. The van der Waals surface area contributed by atoms with Gasteiger partial charge in [-0.05, 0) is 127 Å². The number of phenols is 1. The van der Waals surface area contributed by atoms with E-state index in [1.165, 1.54) is 107 Å². The maximum Gasteiger partial charge on any atom is 0.420 e. The summed E-state index contributed by atoms with van der Waals surface area (Å²) in [7, 11) is 0. The molecule has 0 saturated heterocycles. The molecular formula is C69H40F16N6O10. The minimum atomic E-state index is -4.90. The Hall–Kier alpha value is -12.5. The van der Waals surface area contributed by atoms with Crippen molar-refractivity contribution in [3.8, 4) is 28.7 Å². The summed E-state index contributed by atoms with van der Waals surface area (Å²) < 4.78 is 225. The minimum Gasteiger partial charge on any atom is -0.508 e. The van der Waals surface area contributed by atoms with Crippen molar-refractivity contribution in [3.63, 3.8) is 0 Å². The lowest BCUT2D eigenvalue weighted by molar-refractivity contribution is -0.140. The number of halogens is 16. The summed E-state index contributed by atoms with van der Waals surface area (Å²) in [4.78, 5) is 79.4. The highest BCUT2D eigenvalue weighted by molar-refractivity contribution is 5.88. The van der Waals surface area contributed by atoms with Gasteiger partial charge in [0.15, 0.2) is 0 Å². The number of nitrogens with zero attached hydrogens (tertiary/aromatic N) is 6. The molecule has 2 N–H and O–H groups in total. The van der Waals surface area contributed by atoms with Gasteiger partial charge in [-0.15, -0.1) is 0 Å². The molecule has 0 radical (unpaired) electrons. The van der Waals surface area contributed by atoms with Gasteiger partial charge in [-0.3, -0.25) is 24.0 Å². The number of alkyl halides is 9. The van der Waals surface area contributed by atoms with Crippen LogP contribution in [0, 0.1) is 40.7 Å². The monoisotopic (exact) mass is 1420 g/mol. The summed E-state index contributed by atoms with van der Waals surface area (Å²) in [5, 5.41) is 18.6. The Morgan fingerprint density at radius 1 is 0.406 bits per heavy atom. The lowest BCUT2D eigenvalue weighted by Crippen LogP contribution is -2.14. The molecular weight excluding hydrogens is 1380 g/mol. The number of carboxylic acids is 1. The molecule has 518 valence electrons. The summed E-state index contributed by atoms with van der Waals surface area (Å²) in [6, 6.07) is 28.7. The predicted molar refractivity (Wildman–Crippen MR) is 328 cm³/mol. The molecule has 0 bridgehead atoms. The summed E-state index contributed by atoms with van der Waals surface area (Å²) in [5.74, 6) is -8.75. The normalized spacial score (nSPS) is 11.4. The number of carboxylic acid groups (broad SMARTS) is 1. The van der Waals surface area contributed by atoms with Crippen LogP contribution in [-0.4, -0.2) is 57.4 Å². The zero-order chi connectivity index (χ0) is 73.4. The van der Waals surface area contributed by atoms with Gasteiger partial charge in [0.05, 0.1) is 93.6 Å². The summed E-state index contributed by atoms with van der Waals surface area (Å²) in [6.07, 6.45) is -10.3. The number of rotatable bonds is 13. The molecule has 16 nitrogen and oxygen atoms in total. The van der Waals surface area contributed by atoms with Gasteiger partial charge in [0.2, 0.25) is 0 Å². The lowest BCUT2D eigenvalue weighted by atomic mass is 10.1. The Morgan fingerprint density at radius 2 is 0.762 bits per heavy atom. The van der Waals surface area contributed by atoms with Crippen LogP contribution in [0.4, 0.5) is 70.2 Å². The van der Waals surface area contributed by atoms with Crippen molar-refractivity contribution in [1.82, 2.24) is 28.7 Å². The highest BCUT2D eigenvalue weighted by Crippen LogP contribution is 2.41. The molecule has 12 aromatic rings. The molecule has 0 saturated carbocycles. The van der Waals surface area contributed by atoms with Crippen molar-refractivity contribution in [2.24, 2.45) is 0 Å². The number of hydrogen-bond acceptors (Lipinski definition) is 12. The Bertz CT molecular complexity index is 5370. The first-order chi connectivity index (χ1) is 47.7. The highest BCUT2D eigenvalue weighted by atomic mass is 19.4. The van der Waals surface area contributed by atoms with Crippen LogP contribution >= 0.6 is 0 Å². The fourth-order valence-electron chi connectivity index (χ4n) is 9.58. The van der Waals surface area contributed by atoms with Crippen molar-refractivity contribution >= 4 is 51.3 Å². The van der Waals surface area contributed by atoms with Gasteiger partial charge in [0.25, 0.3) is 16.7 Å². The van der Waals surface area contributed by atoms with Crippen LogP contribution in [0.2, 0.25) is 0 Å². The fourth-order valence-corrected chi connectivity index (χ4v) is 9.58. The van der Waals surface area contributed by atoms with E-state index < -0.39 is 116 Å². The molecule has 101 heavy (non-hydrogen) atoms. The summed E-state index contributed by atoms with van der Waals surface area (Å²) >= 11 is 0. The number of aldehydes is 2. The molecule has 0 aliphatic rings. The van der Waals surface area contributed by atoms with Crippen molar-refractivity contribution in [2.75, 3.05) is 0 Å². The average Bonchev–Trinajstić information content (AvgIpc) is 0.816. The van der Waals surface area contributed by atoms with E-state index in [0.29, 0.717) is 41.4 Å². The number of ether oxygens (including phenoxy) is 2. The second-order valence-corrected chi connectivity index (χ2v) is 21.2.